The minimum absolute atomic E-state index is 0.131. The number of thiol groups is 1. The van der Waals surface area contributed by atoms with E-state index < -0.39 is 0 Å². The van der Waals surface area contributed by atoms with Crippen molar-refractivity contribution < 1.29 is 4.79 Å². The second-order valence-corrected chi connectivity index (χ2v) is 5.20. The van der Waals surface area contributed by atoms with Crippen LogP contribution in [0, 0.1) is 0 Å². The van der Waals surface area contributed by atoms with Crippen LogP contribution >= 0.6 is 24.4 Å². The third-order valence-electron chi connectivity index (χ3n) is 2.16. The number of piperazine rings is 1. The Labute approximate surface area is 112 Å². The van der Waals surface area contributed by atoms with Gasteiger partial charge in [0, 0.05) is 31.9 Å². The third-order valence-corrected chi connectivity index (χ3v) is 3.27. The SMILES string of the molecule is C1CNCCN1.O=C(S)SCc1ccccc1. The van der Waals surface area contributed by atoms with E-state index in [1.807, 2.05) is 30.3 Å². The summed E-state index contributed by atoms with van der Waals surface area (Å²) in [6.45, 7) is 4.56. The Hall–Kier alpha value is -0.490. The highest BCUT2D eigenvalue weighted by Gasteiger charge is 1.95. The standard InChI is InChI=1S/C8H8OS2.C4H10N2/c9-8(10)11-6-7-4-2-1-3-5-7;1-2-6-4-3-5-1/h1-5H,6H2,(H,9,10);5-6H,1-4H2. The molecule has 0 radical (unpaired) electrons. The van der Waals surface area contributed by atoms with Gasteiger partial charge in [-0.15, -0.1) is 0 Å². The average Bonchev–Trinajstić information content (AvgIpc) is 2.40. The molecule has 1 saturated heterocycles. The molecule has 1 aromatic carbocycles. The average molecular weight is 270 g/mol. The summed E-state index contributed by atoms with van der Waals surface area (Å²) in [6.07, 6.45) is 0. The highest BCUT2D eigenvalue weighted by Crippen LogP contribution is 2.14. The maximum atomic E-state index is 10.4. The number of benzene rings is 1. The maximum absolute atomic E-state index is 10.4. The molecule has 3 nitrogen and oxygen atoms in total. The van der Waals surface area contributed by atoms with Crippen molar-refractivity contribution in [1.82, 2.24) is 10.6 Å². The summed E-state index contributed by atoms with van der Waals surface area (Å²) in [4.78, 5) is 10.4. The van der Waals surface area contributed by atoms with Crippen molar-refractivity contribution >= 4 is 28.8 Å². The molecule has 0 aliphatic carbocycles. The van der Waals surface area contributed by atoms with Gasteiger partial charge in [-0.25, -0.2) is 0 Å². The van der Waals surface area contributed by atoms with Crippen LogP contribution in [-0.4, -0.2) is 30.6 Å². The van der Waals surface area contributed by atoms with E-state index in [4.69, 9.17) is 0 Å². The van der Waals surface area contributed by atoms with Crippen LogP contribution in [0.1, 0.15) is 5.56 Å². The van der Waals surface area contributed by atoms with Crippen LogP contribution in [0.5, 0.6) is 0 Å². The smallest absolute Gasteiger partial charge is 0.243 e. The maximum Gasteiger partial charge on any atom is 0.243 e. The summed E-state index contributed by atoms with van der Waals surface area (Å²) < 4.78 is -0.131. The van der Waals surface area contributed by atoms with Crippen molar-refractivity contribution in [3.05, 3.63) is 35.9 Å². The van der Waals surface area contributed by atoms with Crippen molar-refractivity contribution in [3.8, 4) is 0 Å². The molecule has 0 amide bonds. The largest absolute Gasteiger partial charge is 0.314 e. The molecule has 0 atom stereocenters. The van der Waals surface area contributed by atoms with Gasteiger partial charge >= 0.3 is 0 Å². The van der Waals surface area contributed by atoms with Crippen LogP contribution in [0.3, 0.4) is 0 Å². The van der Waals surface area contributed by atoms with E-state index in [1.165, 1.54) is 11.8 Å². The molecule has 0 spiro atoms. The van der Waals surface area contributed by atoms with Crippen LogP contribution in [0.15, 0.2) is 30.3 Å². The molecule has 1 aromatic rings. The van der Waals surface area contributed by atoms with Gasteiger partial charge in [0.2, 0.25) is 4.45 Å². The zero-order valence-electron chi connectivity index (χ0n) is 9.69. The second kappa shape index (κ2) is 9.53. The van der Waals surface area contributed by atoms with E-state index in [0.717, 1.165) is 31.7 Å². The second-order valence-electron chi connectivity index (χ2n) is 3.54. The molecule has 0 saturated carbocycles. The van der Waals surface area contributed by atoms with Crippen molar-refractivity contribution in [2.75, 3.05) is 26.2 Å². The molecule has 0 aromatic heterocycles. The van der Waals surface area contributed by atoms with E-state index in [9.17, 15) is 4.79 Å². The summed E-state index contributed by atoms with van der Waals surface area (Å²) in [6, 6.07) is 9.85. The summed E-state index contributed by atoms with van der Waals surface area (Å²) in [5.74, 6) is 0.711. The number of carbonyl (C=O) groups excluding carboxylic acids is 1. The monoisotopic (exact) mass is 270 g/mol. The zero-order valence-corrected chi connectivity index (χ0v) is 11.4. The van der Waals surface area contributed by atoms with Gasteiger partial charge in [-0.05, 0) is 5.56 Å². The van der Waals surface area contributed by atoms with Gasteiger partial charge in [0.25, 0.3) is 0 Å². The first kappa shape index (κ1) is 14.6. The first-order valence-corrected chi connectivity index (χ1v) is 7.03. The molecule has 94 valence electrons. The fourth-order valence-corrected chi connectivity index (χ4v) is 2.00. The predicted molar refractivity (Wildman–Crippen MR) is 77.9 cm³/mol. The molecule has 17 heavy (non-hydrogen) atoms. The lowest BCUT2D eigenvalue weighted by atomic mass is 10.2. The van der Waals surface area contributed by atoms with Gasteiger partial charge in [0.15, 0.2) is 0 Å². The fourth-order valence-electron chi connectivity index (χ4n) is 1.32. The lowest BCUT2D eigenvalue weighted by Crippen LogP contribution is -2.39. The molecule has 1 heterocycles. The number of rotatable bonds is 2. The van der Waals surface area contributed by atoms with Crippen molar-refractivity contribution in [2.24, 2.45) is 0 Å². The highest BCUT2D eigenvalue weighted by molar-refractivity contribution is 8.31. The van der Waals surface area contributed by atoms with Crippen molar-refractivity contribution in [2.45, 2.75) is 5.75 Å². The highest BCUT2D eigenvalue weighted by atomic mass is 32.2. The molecule has 2 N–H and O–H groups in total. The van der Waals surface area contributed by atoms with Gasteiger partial charge in [-0.1, -0.05) is 54.7 Å². The normalized spacial score (nSPS) is 14.6. The van der Waals surface area contributed by atoms with Crippen molar-refractivity contribution in [1.29, 1.82) is 0 Å². The molecule has 5 heteroatoms. The molecule has 1 aliphatic rings. The van der Waals surface area contributed by atoms with Gasteiger partial charge in [0.05, 0.1) is 0 Å². The lowest BCUT2D eigenvalue weighted by molar-refractivity contribution is 0.277. The molecular weight excluding hydrogens is 252 g/mol. The Morgan fingerprint density at radius 1 is 1.12 bits per heavy atom. The fraction of sp³-hybridized carbons (Fsp3) is 0.417. The van der Waals surface area contributed by atoms with Crippen LogP contribution in [-0.2, 0) is 5.75 Å². The topological polar surface area (TPSA) is 41.1 Å². The minimum Gasteiger partial charge on any atom is -0.314 e. The number of thioether (sulfide) groups is 1. The minimum atomic E-state index is -0.131. The Balaban J connectivity index is 0.000000202. The first-order valence-electron chi connectivity index (χ1n) is 5.60. The van der Waals surface area contributed by atoms with E-state index in [-0.39, 0.29) is 4.45 Å². The summed E-state index contributed by atoms with van der Waals surface area (Å²) in [5, 5.41) is 6.44. The van der Waals surface area contributed by atoms with E-state index in [0.29, 0.717) is 5.75 Å². The molecule has 0 unspecified atom stereocenters. The number of carbonyl (C=O) groups is 1. The van der Waals surface area contributed by atoms with Crippen LogP contribution in [0.25, 0.3) is 0 Å². The number of hydrogen-bond acceptors (Lipinski definition) is 4. The molecule has 0 bridgehead atoms. The first-order chi connectivity index (χ1) is 8.29. The van der Waals surface area contributed by atoms with E-state index in [1.54, 1.807) is 0 Å². The van der Waals surface area contributed by atoms with Crippen LogP contribution in [0.4, 0.5) is 4.79 Å². The summed E-state index contributed by atoms with van der Waals surface area (Å²) in [7, 11) is 0. The number of nitrogens with one attached hydrogen (secondary N) is 2. The van der Waals surface area contributed by atoms with E-state index in [2.05, 4.69) is 23.3 Å². The zero-order chi connectivity index (χ0) is 12.3. The molecule has 1 aliphatic heterocycles. The Bertz CT molecular complexity index is 304. The van der Waals surface area contributed by atoms with Crippen LogP contribution in [0.2, 0.25) is 0 Å². The quantitative estimate of drug-likeness (QED) is 0.720. The Morgan fingerprint density at radius 3 is 2.06 bits per heavy atom. The third kappa shape index (κ3) is 8.26. The van der Waals surface area contributed by atoms with Gasteiger partial charge in [-0.3, -0.25) is 4.79 Å². The van der Waals surface area contributed by atoms with E-state index >= 15 is 0 Å². The number of hydrogen-bond donors (Lipinski definition) is 3. The van der Waals surface area contributed by atoms with Gasteiger partial charge in [-0.2, -0.15) is 0 Å². The summed E-state index contributed by atoms with van der Waals surface area (Å²) >= 11 is 4.86. The van der Waals surface area contributed by atoms with Crippen molar-refractivity contribution in [3.63, 3.8) is 0 Å². The molecular formula is C12H18N2OS2. The molecule has 1 fully saturated rings. The van der Waals surface area contributed by atoms with Crippen LogP contribution < -0.4 is 10.6 Å². The Morgan fingerprint density at radius 2 is 1.65 bits per heavy atom. The Kier molecular flexibility index (Phi) is 8.17. The predicted octanol–water partition coefficient (Wildman–Crippen LogP) is 2.15. The van der Waals surface area contributed by atoms with Gasteiger partial charge < -0.3 is 10.6 Å². The molecule has 2 rings (SSSR count). The lowest BCUT2D eigenvalue weighted by Gasteiger charge is -2.11. The summed E-state index contributed by atoms with van der Waals surface area (Å²) in [5.41, 5.74) is 1.15. The van der Waals surface area contributed by atoms with Gasteiger partial charge in [0.1, 0.15) is 0 Å².